The first kappa shape index (κ1) is 48.4. The molecule has 0 spiro atoms. The van der Waals surface area contributed by atoms with Gasteiger partial charge in [-0.3, -0.25) is 14.4 Å². The van der Waals surface area contributed by atoms with Crippen molar-refractivity contribution in [1.29, 1.82) is 0 Å². The number of nitrogens with one attached hydrogen (secondary N) is 6. The maximum atomic E-state index is 13.7. The van der Waals surface area contributed by atoms with Gasteiger partial charge in [-0.05, 0) is 80.2 Å². The van der Waals surface area contributed by atoms with E-state index in [1.54, 1.807) is 42.6 Å². The molecule has 7 heterocycles. The highest BCUT2D eigenvalue weighted by atomic mass is 35.5. The van der Waals surface area contributed by atoms with Crippen molar-refractivity contribution < 1.29 is 19.1 Å². The van der Waals surface area contributed by atoms with Crippen molar-refractivity contribution in [3.8, 4) is 28.3 Å². The van der Waals surface area contributed by atoms with Crippen molar-refractivity contribution in [3.05, 3.63) is 143 Å². The number of likely N-dealkylation sites (tertiary alicyclic amines) is 1. The topological polar surface area (TPSA) is 211 Å². The van der Waals surface area contributed by atoms with Gasteiger partial charge in [0.25, 0.3) is 5.91 Å². The number of aromatic amines is 2. The number of halogens is 2. The van der Waals surface area contributed by atoms with Crippen LogP contribution in [-0.4, -0.2) is 103 Å². The molecule has 0 aliphatic carbocycles. The Kier molecular flexibility index (Phi) is 14.0. The lowest BCUT2D eigenvalue weighted by Gasteiger charge is -2.36. The molecule has 5 aromatic heterocycles. The SMILES string of the molecule is C=CC(=O)Nc1cc(OC)c(N2CCC[C@@H](Nc3ncc(Cl)c(-c4c[nH]c5c(/C=C/C(=O)Nc6ccc(C(=O)N7CCC[C@@H](Nc8ncc(Cl)c(-c9c[nH]c%10ccccc9%10)n8)C7)nc6)cccc45)n3)C2)cc1C. The zero-order valence-electron chi connectivity index (χ0n) is 40.0. The molecule has 73 heavy (non-hydrogen) atoms. The molecular weight excluding hydrogens is 966 g/mol. The van der Waals surface area contributed by atoms with Crippen LogP contribution < -0.4 is 30.9 Å². The average molecular weight is 1020 g/mol. The van der Waals surface area contributed by atoms with Crippen molar-refractivity contribution in [2.75, 3.05) is 59.5 Å². The summed E-state index contributed by atoms with van der Waals surface area (Å²) in [6, 6.07) is 20.8. The zero-order valence-corrected chi connectivity index (χ0v) is 41.5. The molecule has 2 saturated heterocycles. The molecule has 17 nitrogen and oxygen atoms in total. The molecule has 0 bridgehead atoms. The summed E-state index contributed by atoms with van der Waals surface area (Å²) >= 11 is 13.3. The molecule has 0 radical (unpaired) electrons. The number of rotatable bonds is 14. The predicted molar refractivity (Wildman–Crippen MR) is 289 cm³/mol. The normalized spacial score (nSPS) is 15.9. The van der Waals surface area contributed by atoms with E-state index in [1.807, 2.05) is 73.9 Å². The largest absolute Gasteiger partial charge is 0.495 e. The van der Waals surface area contributed by atoms with Crippen molar-refractivity contribution in [3.63, 3.8) is 0 Å². The van der Waals surface area contributed by atoms with Gasteiger partial charge in [-0.15, -0.1) is 0 Å². The van der Waals surface area contributed by atoms with Crippen LogP contribution >= 0.6 is 23.2 Å². The second kappa shape index (κ2) is 21.2. The van der Waals surface area contributed by atoms with Crippen molar-refractivity contribution in [2.45, 2.75) is 44.7 Å². The van der Waals surface area contributed by atoms with Gasteiger partial charge in [-0.25, -0.2) is 24.9 Å². The third kappa shape index (κ3) is 10.5. The third-order valence-corrected chi connectivity index (χ3v) is 13.7. The number of para-hydroxylation sites is 2. The Morgan fingerprint density at radius 3 is 2.21 bits per heavy atom. The van der Waals surface area contributed by atoms with E-state index >= 15 is 0 Å². The summed E-state index contributed by atoms with van der Waals surface area (Å²) in [7, 11) is 1.62. The Balaban J connectivity index is 0.756. The number of fused-ring (bicyclic) bond motifs is 2. The number of hydrogen-bond donors (Lipinski definition) is 6. The monoisotopic (exact) mass is 1020 g/mol. The highest BCUT2D eigenvalue weighted by Crippen LogP contribution is 2.38. The van der Waals surface area contributed by atoms with Gasteiger partial charge < -0.3 is 45.8 Å². The number of anilines is 5. The zero-order chi connectivity index (χ0) is 50.6. The van der Waals surface area contributed by atoms with E-state index in [2.05, 4.69) is 57.7 Å². The summed E-state index contributed by atoms with van der Waals surface area (Å²) in [6.45, 7) is 8.02. The first-order chi connectivity index (χ1) is 35.5. The van der Waals surface area contributed by atoms with Gasteiger partial charge in [0.15, 0.2) is 0 Å². The summed E-state index contributed by atoms with van der Waals surface area (Å²) in [5, 5.41) is 15.3. The number of piperidine rings is 2. The van der Waals surface area contributed by atoms with Crippen LogP contribution in [0.5, 0.6) is 5.75 Å². The molecule has 6 N–H and O–H groups in total. The Bertz CT molecular complexity index is 3430. The Hall–Kier alpha value is -8.28. The fraction of sp³-hybridized carbons (Fsp3) is 0.222. The van der Waals surface area contributed by atoms with Crippen molar-refractivity contribution >= 4 is 97.8 Å². The molecule has 3 aromatic carbocycles. The first-order valence-corrected chi connectivity index (χ1v) is 24.6. The molecule has 8 aromatic rings. The molecule has 370 valence electrons. The number of H-pyrrole nitrogens is 2. The Morgan fingerprint density at radius 2 is 1.48 bits per heavy atom. The molecule has 2 atom stereocenters. The molecule has 0 saturated carbocycles. The number of aromatic nitrogens is 7. The quantitative estimate of drug-likeness (QED) is 0.0562. The van der Waals surface area contributed by atoms with Gasteiger partial charge in [-0.2, -0.15) is 0 Å². The molecular formula is C54H51Cl2N13O4. The lowest BCUT2D eigenvalue weighted by atomic mass is 10.0. The molecule has 2 aliphatic heterocycles. The standard InChI is InChI=1S/C54H51Cl2N13O4/c1-4-47(70)65-44-23-46(73-3)45(22-31(44)2)68-20-8-11-34(29-68)63-53-61-28-41(56)51(67-53)39-26-59-49-32(10-7-14-37(39)49)16-19-48(71)62-33-17-18-43(57-24-33)52(72)69-21-9-12-35(30-69)64-54-60-27-40(55)50(66-54)38-25-58-42-15-6-5-13-36(38)42/h4-7,10,13-19,22-28,34-35,58-59H,1,8-9,11-12,20-21,29-30H2,2-3H3,(H,62,71)(H,65,70)(H,60,64,66)(H,61,63,67)/b19-16+/t34-,35-/m1/s1. The van der Waals surface area contributed by atoms with Gasteiger partial charge in [0.1, 0.15) is 11.4 Å². The number of nitrogens with zero attached hydrogens (tertiary/aromatic N) is 7. The van der Waals surface area contributed by atoms with Crippen LogP contribution in [-0.2, 0) is 9.59 Å². The van der Waals surface area contributed by atoms with Crippen molar-refractivity contribution in [2.24, 2.45) is 0 Å². The molecule has 2 aliphatic rings. The minimum atomic E-state index is -0.370. The van der Waals surface area contributed by atoms with Crippen LogP contribution in [0, 0.1) is 6.92 Å². The lowest BCUT2D eigenvalue weighted by Crippen LogP contribution is -2.45. The van der Waals surface area contributed by atoms with Crippen LogP contribution in [0.4, 0.5) is 29.0 Å². The van der Waals surface area contributed by atoms with E-state index in [0.717, 1.165) is 82.0 Å². The number of carbonyl (C=O) groups is 3. The van der Waals surface area contributed by atoms with Crippen LogP contribution in [0.25, 0.3) is 50.4 Å². The van der Waals surface area contributed by atoms with E-state index in [0.29, 0.717) is 70.1 Å². The van der Waals surface area contributed by atoms with E-state index in [1.165, 1.54) is 18.3 Å². The number of aryl methyl sites for hydroxylation is 1. The van der Waals surface area contributed by atoms with Crippen LogP contribution in [0.3, 0.4) is 0 Å². The van der Waals surface area contributed by atoms with Gasteiger partial charge in [0, 0.05) is 95.9 Å². The highest BCUT2D eigenvalue weighted by Gasteiger charge is 2.28. The summed E-state index contributed by atoms with van der Waals surface area (Å²) in [5.74, 6) is 0.666. The Labute approximate surface area is 430 Å². The van der Waals surface area contributed by atoms with Gasteiger partial charge in [0.05, 0.1) is 64.0 Å². The summed E-state index contributed by atoms with van der Waals surface area (Å²) in [4.78, 5) is 72.6. The molecule has 2 fully saturated rings. The van der Waals surface area contributed by atoms with Gasteiger partial charge >= 0.3 is 0 Å². The number of pyridine rings is 1. The maximum absolute atomic E-state index is 13.7. The average Bonchev–Trinajstić information content (AvgIpc) is 4.05. The summed E-state index contributed by atoms with van der Waals surface area (Å²) < 4.78 is 5.76. The summed E-state index contributed by atoms with van der Waals surface area (Å²) in [6.07, 6.45) is 16.3. The second-order valence-corrected chi connectivity index (χ2v) is 18.8. The van der Waals surface area contributed by atoms with E-state index < -0.39 is 0 Å². The fourth-order valence-electron chi connectivity index (χ4n) is 9.50. The number of methoxy groups -OCH3 is 1. The van der Waals surface area contributed by atoms with Gasteiger partial charge in [0.2, 0.25) is 23.7 Å². The minimum absolute atomic E-state index is 0.0246. The smallest absolute Gasteiger partial charge is 0.272 e. The maximum Gasteiger partial charge on any atom is 0.272 e. The van der Waals surface area contributed by atoms with Crippen LogP contribution in [0.2, 0.25) is 10.0 Å². The molecule has 0 unspecified atom stereocenters. The number of hydrogen-bond acceptors (Lipinski definition) is 12. The molecule has 10 rings (SSSR count). The summed E-state index contributed by atoms with van der Waals surface area (Å²) in [5.41, 5.74) is 8.61. The molecule has 19 heteroatoms. The number of ether oxygens (including phenoxy) is 1. The van der Waals surface area contributed by atoms with E-state index in [4.69, 9.17) is 37.9 Å². The number of benzene rings is 3. The van der Waals surface area contributed by atoms with Crippen molar-refractivity contribution in [1.82, 2.24) is 39.8 Å². The van der Waals surface area contributed by atoms with Crippen LogP contribution in [0.1, 0.15) is 47.3 Å². The lowest BCUT2D eigenvalue weighted by molar-refractivity contribution is -0.112. The second-order valence-electron chi connectivity index (χ2n) is 18.0. The Morgan fingerprint density at radius 1 is 0.781 bits per heavy atom. The minimum Gasteiger partial charge on any atom is -0.495 e. The van der Waals surface area contributed by atoms with E-state index in [-0.39, 0.29) is 35.5 Å². The predicted octanol–water partition coefficient (Wildman–Crippen LogP) is 10.2. The molecule has 3 amide bonds. The number of amides is 3. The highest BCUT2D eigenvalue weighted by molar-refractivity contribution is 6.33. The fourth-order valence-corrected chi connectivity index (χ4v) is 9.88. The number of carbonyl (C=O) groups excluding carboxylic acids is 3. The first-order valence-electron chi connectivity index (χ1n) is 23.9. The third-order valence-electron chi connectivity index (χ3n) is 13.1. The van der Waals surface area contributed by atoms with Crippen LogP contribution in [0.15, 0.2) is 116 Å². The van der Waals surface area contributed by atoms with Gasteiger partial charge in [-0.1, -0.05) is 66.2 Å². The van der Waals surface area contributed by atoms with E-state index in [9.17, 15) is 14.4 Å².